The lowest BCUT2D eigenvalue weighted by Crippen LogP contribution is -2.16. The van der Waals surface area contributed by atoms with Crippen LogP contribution in [-0.2, 0) is 19.1 Å². The van der Waals surface area contributed by atoms with Crippen molar-refractivity contribution in [2.24, 2.45) is 0 Å². The predicted octanol–water partition coefficient (Wildman–Crippen LogP) is 6.35. The molecule has 0 saturated heterocycles. The minimum atomic E-state index is -0.0426. The Morgan fingerprint density at radius 1 is 0.538 bits per heavy atom. The van der Waals surface area contributed by atoms with E-state index in [1.165, 1.54) is 25.7 Å². The van der Waals surface area contributed by atoms with Gasteiger partial charge in [-0.15, -0.1) is 0 Å². The Hall–Kier alpha value is -1.06. The van der Waals surface area contributed by atoms with Crippen molar-refractivity contribution in [3.8, 4) is 0 Å². The van der Waals surface area contributed by atoms with Crippen molar-refractivity contribution >= 4 is 11.9 Å². The van der Waals surface area contributed by atoms with E-state index in [1.54, 1.807) is 0 Å². The number of unbranched alkanes of at least 4 members (excludes halogenated alkanes) is 7. The van der Waals surface area contributed by atoms with Crippen LogP contribution in [0, 0.1) is 0 Å². The van der Waals surface area contributed by atoms with E-state index in [4.69, 9.17) is 9.47 Å². The van der Waals surface area contributed by atoms with Gasteiger partial charge in [-0.2, -0.15) is 0 Å². The molecule has 0 atom stereocenters. The molecule has 0 aliphatic heterocycles. The molecule has 154 valence electrons. The Balaban J connectivity index is 3.41. The van der Waals surface area contributed by atoms with E-state index in [2.05, 4.69) is 27.7 Å². The van der Waals surface area contributed by atoms with Crippen LogP contribution in [0.15, 0.2) is 0 Å². The summed E-state index contributed by atoms with van der Waals surface area (Å²) in [7, 11) is 0. The molecule has 0 aliphatic carbocycles. The van der Waals surface area contributed by atoms with E-state index < -0.39 is 0 Å². The molecule has 4 heteroatoms. The number of carbonyl (C=O) groups excluding carboxylic acids is 2. The SMILES string of the molecule is CCC(CC)OC(=O)CCCCCCCCCCC(=O)OC(CC)CC. The van der Waals surface area contributed by atoms with Gasteiger partial charge < -0.3 is 9.47 Å². The Morgan fingerprint density at radius 2 is 0.808 bits per heavy atom. The van der Waals surface area contributed by atoms with Gasteiger partial charge in [-0.3, -0.25) is 9.59 Å². The van der Waals surface area contributed by atoms with Crippen LogP contribution in [-0.4, -0.2) is 24.1 Å². The van der Waals surface area contributed by atoms with Crippen LogP contribution >= 0.6 is 0 Å². The van der Waals surface area contributed by atoms with Gasteiger partial charge in [-0.25, -0.2) is 0 Å². The molecule has 0 aromatic carbocycles. The number of rotatable bonds is 17. The molecule has 0 heterocycles. The van der Waals surface area contributed by atoms with Crippen LogP contribution in [0.25, 0.3) is 0 Å². The third-order valence-electron chi connectivity index (χ3n) is 4.93. The van der Waals surface area contributed by atoms with Crippen molar-refractivity contribution in [1.29, 1.82) is 0 Å². The zero-order chi connectivity index (χ0) is 19.6. The van der Waals surface area contributed by atoms with Gasteiger partial charge in [-0.1, -0.05) is 66.2 Å². The number of hydrogen-bond donors (Lipinski definition) is 0. The molecule has 0 radical (unpaired) electrons. The van der Waals surface area contributed by atoms with E-state index in [0.717, 1.165) is 51.4 Å². The quantitative estimate of drug-likeness (QED) is 0.221. The first-order valence-corrected chi connectivity index (χ1v) is 11.0. The molecule has 0 aliphatic rings. The molecule has 0 fully saturated rings. The van der Waals surface area contributed by atoms with Crippen molar-refractivity contribution < 1.29 is 19.1 Å². The van der Waals surface area contributed by atoms with Gasteiger partial charge in [0.15, 0.2) is 0 Å². The fourth-order valence-electron chi connectivity index (χ4n) is 3.00. The average Bonchev–Trinajstić information content (AvgIpc) is 2.65. The predicted molar refractivity (Wildman–Crippen MR) is 107 cm³/mol. The van der Waals surface area contributed by atoms with E-state index in [1.807, 2.05) is 0 Å². The second-order valence-corrected chi connectivity index (χ2v) is 7.19. The molecule has 0 spiro atoms. The summed E-state index contributed by atoms with van der Waals surface area (Å²) in [5, 5.41) is 0. The maximum Gasteiger partial charge on any atom is 0.306 e. The van der Waals surface area contributed by atoms with Gasteiger partial charge in [0.1, 0.15) is 12.2 Å². The van der Waals surface area contributed by atoms with Crippen molar-refractivity contribution in [2.75, 3.05) is 0 Å². The molecule has 26 heavy (non-hydrogen) atoms. The lowest BCUT2D eigenvalue weighted by Gasteiger charge is -2.13. The molecule has 4 nitrogen and oxygen atoms in total. The van der Waals surface area contributed by atoms with E-state index in [0.29, 0.717) is 12.8 Å². The minimum Gasteiger partial charge on any atom is -0.462 e. The monoisotopic (exact) mass is 370 g/mol. The van der Waals surface area contributed by atoms with Crippen molar-refractivity contribution in [2.45, 2.75) is 130 Å². The summed E-state index contributed by atoms with van der Waals surface area (Å²) in [6.07, 6.45) is 13.7. The topological polar surface area (TPSA) is 52.6 Å². The van der Waals surface area contributed by atoms with Crippen LogP contribution in [0.4, 0.5) is 0 Å². The molecule has 0 saturated carbocycles. The first-order chi connectivity index (χ1) is 12.6. The Kier molecular flexibility index (Phi) is 16.7. The van der Waals surface area contributed by atoms with E-state index in [-0.39, 0.29) is 24.1 Å². The lowest BCUT2D eigenvalue weighted by atomic mass is 10.1. The third kappa shape index (κ3) is 14.1. The normalized spacial score (nSPS) is 11.2. The lowest BCUT2D eigenvalue weighted by molar-refractivity contribution is -0.150. The summed E-state index contributed by atoms with van der Waals surface area (Å²) in [6.45, 7) is 8.21. The van der Waals surface area contributed by atoms with E-state index in [9.17, 15) is 9.59 Å². The van der Waals surface area contributed by atoms with Crippen LogP contribution in [0.2, 0.25) is 0 Å². The molecule has 0 amide bonds. The zero-order valence-corrected chi connectivity index (χ0v) is 17.7. The maximum atomic E-state index is 11.7. The highest BCUT2D eigenvalue weighted by molar-refractivity contribution is 5.69. The van der Waals surface area contributed by atoms with Gasteiger partial charge in [0, 0.05) is 12.8 Å². The number of esters is 2. The zero-order valence-electron chi connectivity index (χ0n) is 17.7. The van der Waals surface area contributed by atoms with Crippen LogP contribution < -0.4 is 0 Å². The highest BCUT2D eigenvalue weighted by atomic mass is 16.5. The number of ether oxygens (including phenoxy) is 2. The second-order valence-electron chi connectivity index (χ2n) is 7.19. The molecular weight excluding hydrogens is 328 g/mol. The summed E-state index contributed by atoms with van der Waals surface area (Å²) in [5.41, 5.74) is 0. The number of carbonyl (C=O) groups is 2. The summed E-state index contributed by atoms with van der Waals surface area (Å²) in [6, 6.07) is 0. The van der Waals surface area contributed by atoms with Crippen molar-refractivity contribution in [3.05, 3.63) is 0 Å². The van der Waals surface area contributed by atoms with Crippen molar-refractivity contribution in [3.63, 3.8) is 0 Å². The summed E-state index contributed by atoms with van der Waals surface area (Å²) in [4.78, 5) is 23.4. The summed E-state index contributed by atoms with van der Waals surface area (Å²) >= 11 is 0. The maximum absolute atomic E-state index is 11.7. The second kappa shape index (κ2) is 17.4. The first kappa shape index (κ1) is 24.9. The van der Waals surface area contributed by atoms with Gasteiger partial charge >= 0.3 is 11.9 Å². The van der Waals surface area contributed by atoms with E-state index >= 15 is 0 Å². The molecule has 0 aromatic rings. The standard InChI is InChI=1S/C22H42O4/c1-5-19(6-2)25-21(23)17-15-13-11-9-10-12-14-16-18-22(24)26-20(7-3)8-4/h19-20H,5-18H2,1-4H3. The van der Waals surface area contributed by atoms with Crippen LogP contribution in [0.5, 0.6) is 0 Å². The fraction of sp³-hybridized carbons (Fsp3) is 0.909. The van der Waals surface area contributed by atoms with Crippen LogP contribution in [0.1, 0.15) is 118 Å². The van der Waals surface area contributed by atoms with Gasteiger partial charge in [0.25, 0.3) is 0 Å². The smallest absolute Gasteiger partial charge is 0.306 e. The minimum absolute atomic E-state index is 0.0426. The summed E-state index contributed by atoms with van der Waals surface area (Å²) in [5.74, 6) is -0.0852. The largest absolute Gasteiger partial charge is 0.462 e. The Labute approximate surface area is 161 Å². The third-order valence-corrected chi connectivity index (χ3v) is 4.93. The molecule has 0 bridgehead atoms. The highest BCUT2D eigenvalue weighted by Crippen LogP contribution is 2.13. The molecule has 0 aromatic heterocycles. The van der Waals surface area contributed by atoms with Gasteiger partial charge in [0.05, 0.1) is 0 Å². The first-order valence-electron chi connectivity index (χ1n) is 11.0. The average molecular weight is 371 g/mol. The molecular formula is C22H42O4. The molecule has 0 rings (SSSR count). The Morgan fingerprint density at radius 3 is 1.08 bits per heavy atom. The van der Waals surface area contributed by atoms with Gasteiger partial charge in [-0.05, 0) is 38.5 Å². The Bertz CT molecular complexity index is 312. The van der Waals surface area contributed by atoms with Gasteiger partial charge in [0.2, 0.25) is 0 Å². The summed E-state index contributed by atoms with van der Waals surface area (Å²) < 4.78 is 10.8. The molecule has 0 N–H and O–H groups in total. The molecule has 0 unspecified atom stereocenters. The fourth-order valence-corrected chi connectivity index (χ4v) is 3.00. The van der Waals surface area contributed by atoms with Crippen molar-refractivity contribution in [1.82, 2.24) is 0 Å². The highest BCUT2D eigenvalue weighted by Gasteiger charge is 2.10. The number of hydrogen-bond acceptors (Lipinski definition) is 4. The van der Waals surface area contributed by atoms with Crippen LogP contribution in [0.3, 0.4) is 0 Å².